The van der Waals surface area contributed by atoms with Gasteiger partial charge in [-0.2, -0.15) is 5.10 Å². The van der Waals surface area contributed by atoms with Crippen molar-refractivity contribution in [3.8, 4) is 0 Å². The van der Waals surface area contributed by atoms with E-state index in [1.807, 2.05) is 11.8 Å². The Morgan fingerprint density at radius 1 is 1.30 bits per heavy atom. The molecule has 2 fully saturated rings. The molecule has 1 atom stereocenters. The Balaban J connectivity index is 1.66. The van der Waals surface area contributed by atoms with Gasteiger partial charge in [0.15, 0.2) is 5.82 Å². The zero-order valence-corrected chi connectivity index (χ0v) is 12.1. The molecule has 1 aromatic heterocycles. The van der Waals surface area contributed by atoms with Crippen molar-refractivity contribution in [2.45, 2.75) is 38.6 Å². The van der Waals surface area contributed by atoms with Gasteiger partial charge in [0.25, 0.3) is 5.91 Å². The molecule has 0 spiro atoms. The van der Waals surface area contributed by atoms with Crippen molar-refractivity contribution in [3.63, 3.8) is 0 Å². The van der Waals surface area contributed by atoms with Gasteiger partial charge in [0.05, 0.1) is 0 Å². The molecule has 20 heavy (non-hydrogen) atoms. The lowest BCUT2D eigenvalue weighted by atomic mass is 10.1. The van der Waals surface area contributed by atoms with E-state index in [0.29, 0.717) is 17.4 Å². The second kappa shape index (κ2) is 5.44. The van der Waals surface area contributed by atoms with E-state index >= 15 is 0 Å². The maximum absolute atomic E-state index is 12.5. The molecule has 0 aliphatic carbocycles. The van der Waals surface area contributed by atoms with E-state index in [1.54, 1.807) is 0 Å². The fraction of sp³-hybridized carbons (Fsp3) is 0.714. The van der Waals surface area contributed by atoms with E-state index in [-0.39, 0.29) is 5.91 Å². The highest BCUT2D eigenvalue weighted by molar-refractivity contribution is 5.99. The molecule has 3 heterocycles. The Kier molecular flexibility index (Phi) is 3.65. The lowest BCUT2D eigenvalue weighted by Gasteiger charge is -2.32. The summed E-state index contributed by atoms with van der Waals surface area (Å²) in [5, 5.41) is 6.70. The van der Waals surface area contributed by atoms with Gasteiger partial charge in [0.1, 0.15) is 5.56 Å². The number of rotatable bonds is 2. The minimum atomic E-state index is 0.0215. The molecular weight excluding hydrogens is 254 g/mol. The zero-order chi connectivity index (χ0) is 14.1. The minimum absolute atomic E-state index is 0.0215. The van der Waals surface area contributed by atoms with E-state index in [1.165, 1.54) is 32.4 Å². The van der Waals surface area contributed by atoms with Crippen molar-refractivity contribution in [1.82, 2.24) is 20.0 Å². The highest BCUT2D eigenvalue weighted by atomic mass is 16.2. The molecule has 3 N–H and O–H groups in total. The van der Waals surface area contributed by atoms with E-state index in [9.17, 15) is 4.79 Å². The number of carbonyl (C=O) groups is 1. The van der Waals surface area contributed by atoms with Gasteiger partial charge in [-0.25, -0.2) is 0 Å². The number of nitrogens with one attached hydrogen (secondary N) is 1. The summed E-state index contributed by atoms with van der Waals surface area (Å²) in [6, 6.07) is 0.521. The zero-order valence-electron chi connectivity index (χ0n) is 12.1. The van der Waals surface area contributed by atoms with E-state index < -0.39 is 0 Å². The molecule has 2 aliphatic rings. The molecule has 0 radical (unpaired) electrons. The fourth-order valence-corrected chi connectivity index (χ4v) is 3.38. The Labute approximate surface area is 119 Å². The van der Waals surface area contributed by atoms with Gasteiger partial charge in [-0.15, -0.1) is 0 Å². The standard InChI is InChI=1S/C14H23N5O/c1-10-12(13(15)17-16-10)14(20)19-8-5-11(9-19)18-6-3-2-4-7-18/h11H,2-9H2,1H3,(H3,15,16,17). The lowest BCUT2D eigenvalue weighted by molar-refractivity contribution is 0.0772. The topological polar surface area (TPSA) is 78.2 Å². The number of anilines is 1. The normalized spacial score (nSPS) is 24.2. The summed E-state index contributed by atoms with van der Waals surface area (Å²) in [6.07, 6.45) is 5.00. The SMILES string of the molecule is Cc1[nH]nc(N)c1C(=O)N1CCC(N2CCCCC2)C1. The largest absolute Gasteiger partial charge is 0.382 e. The highest BCUT2D eigenvalue weighted by Gasteiger charge is 2.33. The van der Waals surface area contributed by atoms with Gasteiger partial charge < -0.3 is 10.6 Å². The van der Waals surface area contributed by atoms with Gasteiger partial charge >= 0.3 is 0 Å². The van der Waals surface area contributed by atoms with Gasteiger partial charge in [-0.3, -0.25) is 14.8 Å². The fourth-order valence-electron chi connectivity index (χ4n) is 3.38. The van der Waals surface area contributed by atoms with Crippen LogP contribution in [-0.4, -0.2) is 58.1 Å². The number of hydrogen-bond acceptors (Lipinski definition) is 4. The average molecular weight is 277 g/mol. The van der Waals surface area contributed by atoms with Crippen molar-refractivity contribution in [2.75, 3.05) is 31.9 Å². The van der Waals surface area contributed by atoms with Crippen LogP contribution in [0.25, 0.3) is 0 Å². The number of carbonyl (C=O) groups excluding carboxylic acids is 1. The van der Waals surface area contributed by atoms with Crippen molar-refractivity contribution in [2.24, 2.45) is 0 Å². The molecule has 0 saturated carbocycles. The van der Waals surface area contributed by atoms with Crippen LogP contribution in [0, 0.1) is 6.92 Å². The first-order valence-electron chi connectivity index (χ1n) is 7.50. The maximum atomic E-state index is 12.5. The number of aromatic nitrogens is 2. The van der Waals surface area contributed by atoms with Crippen LogP contribution in [0.15, 0.2) is 0 Å². The molecule has 1 unspecified atom stereocenters. The van der Waals surface area contributed by atoms with Crippen molar-refractivity contribution in [1.29, 1.82) is 0 Å². The Hall–Kier alpha value is -1.56. The number of nitrogen functional groups attached to an aromatic ring is 1. The third-order valence-corrected chi connectivity index (χ3v) is 4.55. The summed E-state index contributed by atoms with van der Waals surface area (Å²) in [7, 11) is 0. The smallest absolute Gasteiger partial charge is 0.259 e. The molecule has 110 valence electrons. The first-order chi connectivity index (χ1) is 9.66. The second-order valence-corrected chi connectivity index (χ2v) is 5.90. The van der Waals surface area contributed by atoms with Crippen LogP contribution < -0.4 is 5.73 Å². The second-order valence-electron chi connectivity index (χ2n) is 5.90. The first-order valence-corrected chi connectivity index (χ1v) is 7.50. The lowest BCUT2D eigenvalue weighted by Crippen LogP contribution is -2.41. The van der Waals surface area contributed by atoms with Gasteiger partial charge in [0.2, 0.25) is 0 Å². The van der Waals surface area contributed by atoms with Gasteiger partial charge in [-0.1, -0.05) is 6.42 Å². The van der Waals surface area contributed by atoms with Crippen LogP contribution in [-0.2, 0) is 0 Å². The summed E-state index contributed by atoms with van der Waals surface area (Å²) in [4.78, 5) is 17.0. The van der Waals surface area contributed by atoms with Crippen LogP contribution in [0.3, 0.4) is 0 Å². The molecule has 1 aromatic rings. The number of likely N-dealkylation sites (tertiary alicyclic amines) is 2. The number of aromatic amines is 1. The predicted octanol–water partition coefficient (Wildman–Crippen LogP) is 1.00. The Morgan fingerprint density at radius 3 is 2.70 bits per heavy atom. The van der Waals surface area contributed by atoms with Crippen LogP contribution in [0.5, 0.6) is 0 Å². The Bertz CT molecular complexity index is 472. The quantitative estimate of drug-likeness (QED) is 0.845. The number of aryl methyl sites for hydroxylation is 1. The van der Waals surface area contributed by atoms with E-state index in [0.717, 1.165) is 25.2 Å². The monoisotopic (exact) mass is 277 g/mol. The van der Waals surface area contributed by atoms with Crippen LogP contribution >= 0.6 is 0 Å². The first kappa shape index (κ1) is 13.4. The van der Waals surface area contributed by atoms with Crippen LogP contribution in [0.1, 0.15) is 41.7 Å². The van der Waals surface area contributed by atoms with E-state index in [2.05, 4.69) is 15.1 Å². The number of H-pyrrole nitrogens is 1. The molecule has 1 amide bonds. The predicted molar refractivity (Wildman–Crippen MR) is 77.5 cm³/mol. The summed E-state index contributed by atoms with van der Waals surface area (Å²) in [5.41, 5.74) is 7.09. The van der Waals surface area contributed by atoms with Gasteiger partial charge in [-0.05, 0) is 39.3 Å². The summed E-state index contributed by atoms with van der Waals surface area (Å²) in [6.45, 7) is 5.85. The molecular formula is C14H23N5O. The van der Waals surface area contributed by atoms with Crippen molar-refractivity contribution < 1.29 is 4.79 Å². The summed E-state index contributed by atoms with van der Waals surface area (Å²) >= 11 is 0. The minimum Gasteiger partial charge on any atom is -0.382 e. The third-order valence-electron chi connectivity index (χ3n) is 4.55. The molecule has 6 nitrogen and oxygen atoms in total. The highest BCUT2D eigenvalue weighted by Crippen LogP contribution is 2.23. The summed E-state index contributed by atoms with van der Waals surface area (Å²) in [5.74, 6) is 0.335. The maximum Gasteiger partial charge on any atom is 0.259 e. The van der Waals surface area contributed by atoms with E-state index in [4.69, 9.17) is 5.73 Å². The Morgan fingerprint density at radius 2 is 2.05 bits per heavy atom. The van der Waals surface area contributed by atoms with Crippen molar-refractivity contribution in [3.05, 3.63) is 11.3 Å². The summed E-state index contributed by atoms with van der Waals surface area (Å²) < 4.78 is 0. The average Bonchev–Trinajstić information content (AvgIpc) is 3.07. The number of amides is 1. The number of nitrogens with two attached hydrogens (primary N) is 1. The molecule has 6 heteroatoms. The molecule has 0 aromatic carbocycles. The van der Waals surface area contributed by atoms with Crippen molar-refractivity contribution >= 4 is 11.7 Å². The third kappa shape index (κ3) is 2.40. The molecule has 2 saturated heterocycles. The van der Waals surface area contributed by atoms with Gasteiger partial charge in [0, 0.05) is 24.8 Å². The number of piperidine rings is 1. The molecule has 3 rings (SSSR count). The molecule has 2 aliphatic heterocycles. The number of nitrogens with zero attached hydrogens (tertiary/aromatic N) is 3. The van der Waals surface area contributed by atoms with Crippen LogP contribution in [0.2, 0.25) is 0 Å². The molecule has 0 bridgehead atoms. The number of hydrogen-bond donors (Lipinski definition) is 2. The van der Waals surface area contributed by atoms with Crippen LogP contribution in [0.4, 0.5) is 5.82 Å².